The van der Waals surface area contributed by atoms with Crippen molar-refractivity contribution in [2.24, 2.45) is 0 Å². The Balaban J connectivity index is 2.80. The molecule has 1 aromatic carbocycles. The molecule has 0 saturated carbocycles. The van der Waals surface area contributed by atoms with Crippen LogP contribution in [0.25, 0.3) is 10.1 Å². The molecule has 1 heterocycles. The lowest BCUT2D eigenvalue weighted by Gasteiger charge is -2.07. The molecule has 2 nitrogen and oxygen atoms in total. The van der Waals surface area contributed by atoms with Crippen LogP contribution < -0.4 is 5.73 Å². The van der Waals surface area contributed by atoms with Gasteiger partial charge in [-0.2, -0.15) is 0 Å². The third-order valence-corrected chi connectivity index (χ3v) is 3.48. The number of thiophene rings is 1. The molecular weight excluding hydrogens is 194 g/mol. The zero-order chi connectivity index (χ0) is 10.1. The summed E-state index contributed by atoms with van der Waals surface area (Å²) < 4.78 is 1.11. The van der Waals surface area contributed by atoms with E-state index in [9.17, 15) is 5.11 Å². The van der Waals surface area contributed by atoms with E-state index in [1.807, 2.05) is 17.5 Å². The zero-order valence-electron chi connectivity index (χ0n) is 8.08. The molecule has 0 unspecified atom stereocenters. The van der Waals surface area contributed by atoms with Gasteiger partial charge in [-0.1, -0.05) is 13.0 Å². The average molecular weight is 207 g/mol. The van der Waals surface area contributed by atoms with Crippen LogP contribution in [0.15, 0.2) is 17.5 Å². The SMILES string of the molecule is CCc1cc(CO)c2sccc2c1N. The molecule has 0 radical (unpaired) electrons. The number of nitrogen functional groups attached to an aromatic ring is 1. The molecule has 0 aliphatic heterocycles. The Bertz CT molecular complexity index is 462. The summed E-state index contributed by atoms with van der Waals surface area (Å²) in [7, 11) is 0. The van der Waals surface area contributed by atoms with Gasteiger partial charge in [-0.05, 0) is 29.0 Å². The molecule has 2 aromatic rings. The normalized spacial score (nSPS) is 11.0. The summed E-state index contributed by atoms with van der Waals surface area (Å²) in [6, 6.07) is 4.03. The molecule has 0 bridgehead atoms. The summed E-state index contributed by atoms with van der Waals surface area (Å²) in [5.41, 5.74) is 9.00. The number of nitrogens with two attached hydrogens (primary N) is 1. The molecule has 0 amide bonds. The first-order chi connectivity index (χ1) is 6.77. The van der Waals surface area contributed by atoms with Crippen LogP contribution >= 0.6 is 11.3 Å². The van der Waals surface area contributed by atoms with Crippen molar-refractivity contribution in [3.63, 3.8) is 0 Å². The minimum absolute atomic E-state index is 0.0876. The van der Waals surface area contributed by atoms with Gasteiger partial charge in [0.25, 0.3) is 0 Å². The highest BCUT2D eigenvalue weighted by atomic mass is 32.1. The van der Waals surface area contributed by atoms with Gasteiger partial charge in [0.15, 0.2) is 0 Å². The number of rotatable bonds is 2. The summed E-state index contributed by atoms with van der Waals surface area (Å²) in [4.78, 5) is 0. The van der Waals surface area contributed by atoms with Gasteiger partial charge in [0, 0.05) is 15.8 Å². The van der Waals surface area contributed by atoms with E-state index in [0.717, 1.165) is 33.3 Å². The van der Waals surface area contributed by atoms with Crippen LogP contribution in [0.1, 0.15) is 18.1 Å². The lowest BCUT2D eigenvalue weighted by Crippen LogP contribution is -1.96. The smallest absolute Gasteiger partial charge is 0.0695 e. The zero-order valence-corrected chi connectivity index (χ0v) is 8.90. The molecular formula is C11H13NOS. The van der Waals surface area contributed by atoms with Crippen molar-refractivity contribution in [3.05, 3.63) is 28.6 Å². The Labute approximate surface area is 87.0 Å². The molecule has 0 spiro atoms. The van der Waals surface area contributed by atoms with Gasteiger partial charge in [-0.15, -0.1) is 11.3 Å². The molecule has 14 heavy (non-hydrogen) atoms. The second-order valence-corrected chi connectivity index (χ2v) is 4.20. The van der Waals surface area contributed by atoms with Crippen molar-refractivity contribution < 1.29 is 5.11 Å². The van der Waals surface area contributed by atoms with E-state index in [-0.39, 0.29) is 6.61 Å². The molecule has 2 rings (SSSR count). The highest BCUT2D eigenvalue weighted by molar-refractivity contribution is 7.17. The van der Waals surface area contributed by atoms with Crippen LogP contribution in [-0.4, -0.2) is 5.11 Å². The number of aryl methyl sites for hydroxylation is 1. The van der Waals surface area contributed by atoms with Crippen LogP contribution in [0.2, 0.25) is 0 Å². The van der Waals surface area contributed by atoms with E-state index < -0.39 is 0 Å². The van der Waals surface area contributed by atoms with Crippen LogP contribution in [0, 0.1) is 0 Å². The van der Waals surface area contributed by atoms with Crippen molar-refractivity contribution in [1.82, 2.24) is 0 Å². The Morgan fingerprint density at radius 1 is 1.43 bits per heavy atom. The summed E-state index contributed by atoms with van der Waals surface area (Å²) in [5.74, 6) is 0. The van der Waals surface area contributed by atoms with Crippen molar-refractivity contribution in [1.29, 1.82) is 0 Å². The highest BCUT2D eigenvalue weighted by Gasteiger charge is 2.08. The van der Waals surface area contributed by atoms with Gasteiger partial charge < -0.3 is 10.8 Å². The molecule has 3 heteroatoms. The number of fused-ring (bicyclic) bond motifs is 1. The number of aliphatic hydroxyl groups excluding tert-OH is 1. The maximum absolute atomic E-state index is 9.23. The number of hydrogen-bond donors (Lipinski definition) is 2. The van der Waals surface area contributed by atoms with E-state index >= 15 is 0 Å². The van der Waals surface area contributed by atoms with Gasteiger partial charge in [-0.25, -0.2) is 0 Å². The van der Waals surface area contributed by atoms with Crippen molar-refractivity contribution >= 4 is 27.1 Å². The predicted octanol–water partition coefficient (Wildman–Crippen LogP) is 2.54. The summed E-state index contributed by atoms with van der Waals surface area (Å²) in [6.07, 6.45) is 0.907. The van der Waals surface area contributed by atoms with Crippen LogP contribution in [-0.2, 0) is 13.0 Å². The first kappa shape index (κ1) is 9.49. The van der Waals surface area contributed by atoms with E-state index in [2.05, 4.69) is 6.92 Å². The minimum Gasteiger partial charge on any atom is -0.398 e. The summed E-state index contributed by atoms with van der Waals surface area (Å²) in [5, 5.41) is 12.3. The second kappa shape index (κ2) is 3.59. The van der Waals surface area contributed by atoms with Crippen LogP contribution in [0.3, 0.4) is 0 Å². The number of aliphatic hydroxyl groups is 1. The maximum atomic E-state index is 9.23. The van der Waals surface area contributed by atoms with E-state index in [0.29, 0.717) is 0 Å². The molecule has 0 aliphatic carbocycles. The van der Waals surface area contributed by atoms with Gasteiger partial charge in [0.05, 0.1) is 6.61 Å². The third-order valence-electron chi connectivity index (χ3n) is 2.49. The minimum atomic E-state index is 0.0876. The highest BCUT2D eigenvalue weighted by Crippen LogP contribution is 2.32. The maximum Gasteiger partial charge on any atom is 0.0695 e. The second-order valence-electron chi connectivity index (χ2n) is 3.28. The van der Waals surface area contributed by atoms with Gasteiger partial charge in [-0.3, -0.25) is 0 Å². The quantitative estimate of drug-likeness (QED) is 0.743. The molecule has 0 saturated heterocycles. The first-order valence-corrected chi connectivity index (χ1v) is 5.54. The van der Waals surface area contributed by atoms with E-state index in [1.165, 1.54) is 0 Å². The largest absolute Gasteiger partial charge is 0.398 e. The first-order valence-electron chi connectivity index (χ1n) is 4.66. The fraction of sp³-hybridized carbons (Fsp3) is 0.273. The average Bonchev–Trinajstić information content (AvgIpc) is 2.68. The predicted molar refractivity (Wildman–Crippen MR) is 61.5 cm³/mol. The number of anilines is 1. The molecule has 0 atom stereocenters. The van der Waals surface area contributed by atoms with Crippen LogP contribution in [0.5, 0.6) is 0 Å². The number of hydrogen-bond acceptors (Lipinski definition) is 3. The molecule has 0 fully saturated rings. The van der Waals surface area contributed by atoms with Gasteiger partial charge in [0.2, 0.25) is 0 Å². The Morgan fingerprint density at radius 3 is 2.86 bits per heavy atom. The lowest BCUT2D eigenvalue weighted by molar-refractivity contribution is 0.283. The fourth-order valence-electron chi connectivity index (χ4n) is 1.71. The van der Waals surface area contributed by atoms with Crippen molar-refractivity contribution in [2.75, 3.05) is 5.73 Å². The summed E-state index contributed by atoms with van der Waals surface area (Å²) >= 11 is 1.63. The van der Waals surface area contributed by atoms with E-state index in [1.54, 1.807) is 11.3 Å². The van der Waals surface area contributed by atoms with Gasteiger partial charge in [0.1, 0.15) is 0 Å². The topological polar surface area (TPSA) is 46.2 Å². The van der Waals surface area contributed by atoms with Crippen molar-refractivity contribution in [3.8, 4) is 0 Å². The Morgan fingerprint density at radius 2 is 2.21 bits per heavy atom. The fourth-order valence-corrected chi connectivity index (χ4v) is 2.63. The number of benzene rings is 1. The lowest BCUT2D eigenvalue weighted by atomic mass is 10.0. The monoisotopic (exact) mass is 207 g/mol. The molecule has 0 aliphatic rings. The summed E-state index contributed by atoms with van der Waals surface area (Å²) in [6.45, 7) is 2.16. The third kappa shape index (κ3) is 1.29. The van der Waals surface area contributed by atoms with Gasteiger partial charge >= 0.3 is 0 Å². The standard InChI is InChI=1S/C11H13NOS/c1-2-7-5-8(6-13)11-9(10(7)12)3-4-14-11/h3-5,13H,2,6,12H2,1H3. The molecule has 1 aromatic heterocycles. The Kier molecular flexibility index (Phi) is 2.44. The Hall–Kier alpha value is -1.06. The van der Waals surface area contributed by atoms with Crippen molar-refractivity contribution in [2.45, 2.75) is 20.0 Å². The molecule has 74 valence electrons. The van der Waals surface area contributed by atoms with E-state index in [4.69, 9.17) is 5.73 Å². The van der Waals surface area contributed by atoms with Crippen LogP contribution in [0.4, 0.5) is 5.69 Å². The molecule has 3 N–H and O–H groups in total.